The standard InChI is InChI=1S/C15H17BrFN3O/c1-2-18-13(9-3-4-9)8-14-19-15(20-21-14)10-5-6-12(17)11(16)7-10/h5-7,9,13,18H,2-4,8H2,1H3. The van der Waals surface area contributed by atoms with Crippen LogP contribution in [0.25, 0.3) is 11.4 Å². The molecule has 1 aliphatic carbocycles. The summed E-state index contributed by atoms with van der Waals surface area (Å²) in [6, 6.07) is 5.11. The maximum atomic E-state index is 13.3. The molecule has 1 unspecified atom stereocenters. The van der Waals surface area contributed by atoms with E-state index in [-0.39, 0.29) is 5.82 Å². The summed E-state index contributed by atoms with van der Waals surface area (Å²) in [5, 5.41) is 7.47. The number of hydrogen-bond acceptors (Lipinski definition) is 4. The molecule has 1 saturated carbocycles. The van der Waals surface area contributed by atoms with E-state index in [4.69, 9.17) is 4.52 Å². The molecule has 112 valence electrons. The van der Waals surface area contributed by atoms with Gasteiger partial charge in [0.25, 0.3) is 0 Å². The largest absolute Gasteiger partial charge is 0.339 e. The second-order valence-corrected chi connectivity index (χ2v) is 6.20. The van der Waals surface area contributed by atoms with Gasteiger partial charge in [0, 0.05) is 18.0 Å². The van der Waals surface area contributed by atoms with Gasteiger partial charge in [-0.25, -0.2) is 4.39 Å². The fourth-order valence-electron chi connectivity index (χ4n) is 2.44. The van der Waals surface area contributed by atoms with Crippen LogP contribution in [0.4, 0.5) is 4.39 Å². The van der Waals surface area contributed by atoms with Crippen LogP contribution < -0.4 is 5.32 Å². The van der Waals surface area contributed by atoms with Crippen LogP contribution in [-0.2, 0) is 6.42 Å². The first-order valence-corrected chi connectivity index (χ1v) is 7.98. The van der Waals surface area contributed by atoms with Gasteiger partial charge in [-0.05, 0) is 59.4 Å². The molecule has 3 rings (SSSR count). The molecule has 1 aromatic heterocycles. The quantitative estimate of drug-likeness (QED) is 0.862. The highest BCUT2D eigenvalue weighted by molar-refractivity contribution is 9.10. The second kappa shape index (κ2) is 6.23. The van der Waals surface area contributed by atoms with Crippen molar-refractivity contribution in [1.82, 2.24) is 15.5 Å². The second-order valence-electron chi connectivity index (χ2n) is 5.35. The molecule has 0 aliphatic heterocycles. The van der Waals surface area contributed by atoms with E-state index in [1.54, 1.807) is 12.1 Å². The van der Waals surface area contributed by atoms with E-state index in [2.05, 4.69) is 38.3 Å². The van der Waals surface area contributed by atoms with Crippen LogP contribution in [0.5, 0.6) is 0 Å². The number of nitrogens with zero attached hydrogens (tertiary/aromatic N) is 2. The Labute approximate surface area is 131 Å². The predicted molar refractivity (Wildman–Crippen MR) is 81.3 cm³/mol. The smallest absolute Gasteiger partial charge is 0.228 e. The summed E-state index contributed by atoms with van der Waals surface area (Å²) in [6.07, 6.45) is 3.28. The number of nitrogens with one attached hydrogen (secondary N) is 1. The zero-order chi connectivity index (χ0) is 14.8. The Morgan fingerprint density at radius 3 is 2.95 bits per heavy atom. The van der Waals surface area contributed by atoms with Gasteiger partial charge < -0.3 is 9.84 Å². The summed E-state index contributed by atoms with van der Waals surface area (Å²) in [7, 11) is 0. The number of halogens is 2. The van der Waals surface area contributed by atoms with E-state index >= 15 is 0 Å². The molecule has 2 aromatic rings. The van der Waals surface area contributed by atoms with Gasteiger partial charge in [0.1, 0.15) is 5.82 Å². The monoisotopic (exact) mass is 353 g/mol. The Morgan fingerprint density at radius 1 is 1.48 bits per heavy atom. The molecule has 0 spiro atoms. The average Bonchev–Trinajstić information content (AvgIpc) is 3.21. The molecule has 1 aromatic carbocycles. The van der Waals surface area contributed by atoms with Gasteiger partial charge in [-0.15, -0.1) is 0 Å². The lowest BCUT2D eigenvalue weighted by molar-refractivity contribution is 0.348. The van der Waals surface area contributed by atoms with E-state index in [0.29, 0.717) is 22.2 Å². The van der Waals surface area contributed by atoms with Gasteiger partial charge in [-0.1, -0.05) is 12.1 Å². The molecule has 1 N–H and O–H groups in total. The van der Waals surface area contributed by atoms with Gasteiger partial charge in [0.05, 0.1) is 4.47 Å². The summed E-state index contributed by atoms with van der Waals surface area (Å²) in [4.78, 5) is 4.42. The molecule has 6 heteroatoms. The lowest BCUT2D eigenvalue weighted by atomic mass is 10.1. The number of aromatic nitrogens is 2. The molecule has 1 aliphatic rings. The number of likely N-dealkylation sites (N-methyl/N-ethyl adjacent to an activating group) is 1. The van der Waals surface area contributed by atoms with Crippen LogP contribution in [0.15, 0.2) is 27.2 Å². The first-order chi connectivity index (χ1) is 10.2. The maximum Gasteiger partial charge on any atom is 0.228 e. The van der Waals surface area contributed by atoms with Crippen LogP contribution in [0.3, 0.4) is 0 Å². The molecule has 1 fully saturated rings. The molecule has 1 atom stereocenters. The molecule has 0 amide bonds. The highest BCUT2D eigenvalue weighted by Crippen LogP contribution is 2.34. The van der Waals surface area contributed by atoms with Crippen molar-refractivity contribution in [2.45, 2.75) is 32.2 Å². The molecular weight excluding hydrogens is 337 g/mol. The highest BCUT2D eigenvalue weighted by atomic mass is 79.9. The van der Waals surface area contributed by atoms with Gasteiger partial charge in [-0.2, -0.15) is 4.98 Å². The predicted octanol–water partition coefficient (Wildman–Crippen LogP) is 3.57. The molecule has 0 saturated heterocycles. The van der Waals surface area contributed by atoms with E-state index in [9.17, 15) is 4.39 Å². The van der Waals surface area contributed by atoms with Crippen molar-refractivity contribution in [3.8, 4) is 11.4 Å². The highest BCUT2D eigenvalue weighted by Gasteiger charge is 2.31. The Bertz CT molecular complexity index is 627. The third kappa shape index (κ3) is 3.49. The van der Waals surface area contributed by atoms with Gasteiger partial charge in [0.15, 0.2) is 0 Å². The minimum Gasteiger partial charge on any atom is -0.339 e. The molecule has 0 bridgehead atoms. The number of benzene rings is 1. The lowest BCUT2D eigenvalue weighted by Gasteiger charge is -2.14. The van der Waals surface area contributed by atoms with Gasteiger partial charge >= 0.3 is 0 Å². The van der Waals surface area contributed by atoms with Crippen molar-refractivity contribution in [3.05, 3.63) is 34.4 Å². The zero-order valence-electron chi connectivity index (χ0n) is 11.8. The summed E-state index contributed by atoms with van der Waals surface area (Å²) in [5.74, 6) is 1.55. The SMILES string of the molecule is CCNC(Cc1nc(-c2ccc(F)c(Br)c2)no1)C1CC1. The van der Waals surface area contributed by atoms with Crippen molar-refractivity contribution < 1.29 is 8.91 Å². The summed E-state index contributed by atoms with van der Waals surface area (Å²) in [5.41, 5.74) is 0.740. The Hall–Kier alpha value is -1.27. The number of rotatable bonds is 6. The Kier molecular flexibility index (Phi) is 4.35. The van der Waals surface area contributed by atoms with Crippen molar-refractivity contribution in [2.24, 2.45) is 5.92 Å². The van der Waals surface area contributed by atoms with Crippen LogP contribution in [0.2, 0.25) is 0 Å². The minimum absolute atomic E-state index is 0.302. The third-order valence-corrected chi connectivity index (χ3v) is 4.31. The van der Waals surface area contributed by atoms with Crippen LogP contribution in [0, 0.1) is 11.7 Å². The molecular formula is C15H17BrFN3O. The normalized spacial score (nSPS) is 16.1. The van der Waals surface area contributed by atoms with E-state index in [1.165, 1.54) is 18.9 Å². The summed E-state index contributed by atoms with van der Waals surface area (Å²) >= 11 is 3.17. The molecule has 1 heterocycles. The van der Waals surface area contributed by atoms with E-state index < -0.39 is 0 Å². The summed E-state index contributed by atoms with van der Waals surface area (Å²) < 4.78 is 19.0. The fraction of sp³-hybridized carbons (Fsp3) is 0.467. The van der Waals surface area contributed by atoms with Crippen molar-refractivity contribution in [1.29, 1.82) is 0 Å². The summed E-state index contributed by atoms with van der Waals surface area (Å²) in [6.45, 7) is 3.04. The first kappa shape index (κ1) is 14.7. The van der Waals surface area contributed by atoms with Crippen molar-refractivity contribution in [3.63, 3.8) is 0 Å². The van der Waals surface area contributed by atoms with Crippen molar-refractivity contribution in [2.75, 3.05) is 6.54 Å². The minimum atomic E-state index is -0.302. The molecule has 4 nitrogen and oxygen atoms in total. The van der Waals surface area contributed by atoms with Crippen LogP contribution in [0.1, 0.15) is 25.7 Å². The zero-order valence-corrected chi connectivity index (χ0v) is 13.4. The Balaban J connectivity index is 1.74. The topological polar surface area (TPSA) is 51.0 Å². The lowest BCUT2D eigenvalue weighted by Crippen LogP contribution is -2.33. The Morgan fingerprint density at radius 2 is 2.29 bits per heavy atom. The van der Waals surface area contributed by atoms with E-state index in [1.807, 2.05) is 0 Å². The third-order valence-electron chi connectivity index (χ3n) is 3.70. The van der Waals surface area contributed by atoms with Crippen LogP contribution >= 0.6 is 15.9 Å². The maximum absolute atomic E-state index is 13.3. The van der Waals surface area contributed by atoms with Gasteiger partial charge in [0.2, 0.25) is 11.7 Å². The first-order valence-electron chi connectivity index (χ1n) is 7.18. The fourth-order valence-corrected chi connectivity index (χ4v) is 2.82. The van der Waals surface area contributed by atoms with Gasteiger partial charge in [-0.3, -0.25) is 0 Å². The van der Waals surface area contributed by atoms with Crippen molar-refractivity contribution >= 4 is 15.9 Å². The molecule has 0 radical (unpaired) electrons. The van der Waals surface area contributed by atoms with E-state index in [0.717, 1.165) is 24.4 Å². The molecule has 21 heavy (non-hydrogen) atoms. The average molecular weight is 354 g/mol. The number of hydrogen-bond donors (Lipinski definition) is 1. The van der Waals surface area contributed by atoms with Crippen LogP contribution in [-0.4, -0.2) is 22.7 Å².